The summed E-state index contributed by atoms with van der Waals surface area (Å²) in [5.74, 6) is -1.37. The molecule has 7 aromatic rings. The van der Waals surface area contributed by atoms with E-state index in [2.05, 4.69) is 17.2 Å². The molecule has 6 aromatic carbocycles. The number of nitro groups is 1. The Bertz CT molecular complexity index is 3480. The number of fused-ring (bicyclic) bond motifs is 4. The van der Waals surface area contributed by atoms with E-state index < -0.39 is 88.8 Å². The second-order valence-corrected chi connectivity index (χ2v) is 19.4. The van der Waals surface area contributed by atoms with Crippen LogP contribution in [0.5, 0.6) is 5.75 Å². The Kier molecular flexibility index (Phi) is 14.8. The summed E-state index contributed by atoms with van der Waals surface area (Å²) in [5.41, 5.74) is 0.340. The van der Waals surface area contributed by atoms with Crippen molar-refractivity contribution in [1.29, 1.82) is 0 Å². The van der Waals surface area contributed by atoms with E-state index in [0.29, 0.717) is 33.5 Å². The molecule has 0 unspecified atom stereocenters. The Labute approximate surface area is 449 Å². The minimum absolute atomic E-state index is 0.0315. The molecule has 0 saturated carbocycles. The SMILES string of the molecule is COC(=O)C(CC#Cc1ccc2c(c1)[C@]1(C(=O)N2C(=O)OCc2ccc([N+](=O)[O-])cc2)[C@H](C(=O)Nc2nc3ccccc3s2)[C@H]2C(=O)O[C@H](c3ccccc3)[C@H](c3ccccc3)N2[C@@H]1c1ccc(OCCO)cc1)C(=O)OC. The molecule has 20 heteroatoms. The lowest BCUT2D eigenvalue weighted by molar-refractivity contribution is -0.384. The smallest absolute Gasteiger partial charge is 0.421 e. The van der Waals surface area contributed by atoms with Gasteiger partial charge in [0, 0.05) is 24.1 Å². The number of methoxy groups -OCH3 is 2. The molecule has 6 atom stereocenters. The van der Waals surface area contributed by atoms with Gasteiger partial charge in [0.25, 0.3) is 5.69 Å². The molecule has 4 heterocycles. The number of imide groups is 1. The fourth-order valence-corrected chi connectivity index (χ4v) is 11.6. The van der Waals surface area contributed by atoms with Crippen LogP contribution in [0.1, 0.15) is 58.0 Å². The van der Waals surface area contributed by atoms with Crippen LogP contribution in [-0.2, 0) is 54.9 Å². The fraction of sp³-hybridized carbons (Fsp3) is 0.224. The van der Waals surface area contributed by atoms with E-state index in [1.165, 1.54) is 53.8 Å². The quantitative estimate of drug-likeness (QED) is 0.0262. The molecule has 0 radical (unpaired) electrons. The highest BCUT2D eigenvalue weighted by Gasteiger charge is 2.76. The van der Waals surface area contributed by atoms with Crippen LogP contribution < -0.4 is 15.0 Å². The number of benzene rings is 6. The van der Waals surface area contributed by atoms with E-state index in [1.54, 1.807) is 48.5 Å². The van der Waals surface area contributed by atoms with Crippen molar-refractivity contribution in [2.45, 2.75) is 42.7 Å². The largest absolute Gasteiger partial charge is 0.491 e. The van der Waals surface area contributed by atoms with Gasteiger partial charge in [-0.05, 0) is 82.4 Å². The Morgan fingerprint density at radius 3 is 2.15 bits per heavy atom. The second-order valence-electron chi connectivity index (χ2n) is 18.3. The number of para-hydroxylation sites is 1. The Morgan fingerprint density at radius 1 is 0.833 bits per heavy atom. The van der Waals surface area contributed by atoms with E-state index >= 15 is 14.4 Å². The number of hydrogen-bond acceptors (Lipinski definition) is 17. The predicted molar refractivity (Wildman–Crippen MR) is 281 cm³/mol. The van der Waals surface area contributed by atoms with E-state index in [1.807, 2.05) is 65.6 Å². The number of hydrogen-bond donors (Lipinski definition) is 2. The molecule has 2 saturated heterocycles. The van der Waals surface area contributed by atoms with Crippen LogP contribution in [0.3, 0.4) is 0 Å². The number of amides is 3. The lowest BCUT2D eigenvalue weighted by Gasteiger charge is -2.46. The van der Waals surface area contributed by atoms with Gasteiger partial charge in [0.15, 0.2) is 11.0 Å². The molecule has 2 fully saturated rings. The van der Waals surface area contributed by atoms with Crippen molar-refractivity contribution < 1.29 is 62.5 Å². The zero-order valence-corrected chi connectivity index (χ0v) is 42.5. The molecule has 2 N–H and O–H groups in total. The molecule has 10 rings (SSSR count). The number of cyclic esters (lactones) is 1. The first-order valence-corrected chi connectivity index (χ1v) is 25.3. The molecule has 394 valence electrons. The lowest BCUT2D eigenvalue weighted by Crippen LogP contribution is -2.54. The number of morpholine rings is 1. The molecule has 1 spiro atoms. The van der Waals surface area contributed by atoms with Gasteiger partial charge in [-0.3, -0.25) is 39.0 Å². The molecule has 0 bridgehead atoms. The van der Waals surface area contributed by atoms with Gasteiger partial charge in [-0.2, -0.15) is 0 Å². The number of anilines is 2. The third-order valence-electron chi connectivity index (χ3n) is 14.0. The number of esters is 3. The topological polar surface area (TPSA) is 243 Å². The standard InChI is InChI=1S/C58H47N5O14S/c1-73-52(66)41(53(67)74-2)17-11-12-34-22-29-44-42(32-34)58(55(69)61(44)57(70)76-33-35-20-25-39(26-21-35)63(71)72)46(51(65)60-56-59-43-18-9-10-19-45(43)78-56)48-54(68)77-49(37-15-7-4-8-16-37)47(36-13-5-3-6-14-36)62(48)50(58)38-23-27-40(28-24-38)75-31-30-64/h3-10,13-16,18-29,32,41,46-50,64H,17,30-31,33H2,1-2H3,(H,59,60,65)/t46-,47-,48-,49+,50+,58-/m0/s1. The Morgan fingerprint density at radius 2 is 1.50 bits per heavy atom. The van der Waals surface area contributed by atoms with E-state index in [9.17, 15) is 29.6 Å². The zero-order valence-electron chi connectivity index (χ0n) is 41.7. The molecule has 3 aliphatic heterocycles. The van der Waals surface area contributed by atoms with Crippen LogP contribution >= 0.6 is 11.3 Å². The summed E-state index contributed by atoms with van der Waals surface area (Å²) in [6, 6.07) is 38.1. The summed E-state index contributed by atoms with van der Waals surface area (Å²) in [6.45, 7) is -0.763. The minimum atomic E-state index is -2.28. The summed E-state index contributed by atoms with van der Waals surface area (Å²) >= 11 is 1.17. The van der Waals surface area contributed by atoms with Gasteiger partial charge in [-0.1, -0.05) is 108 Å². The first kappa shape index (κ1) is 52.2. The number of thiazole rings is 1. The number of non-ortho nitro benzene ring substituents is 1. The van der Waals surface area contributed by atoms with E-state index in [-0.39, 0.29) is 47.3 Å². The summed E-state index contributed by atoms with van der Waals surface area (Å²) in [7, 11) is 2.24. The van der Waals surface area contributed by atoms with Crippen molar-refractivity contribution in [1.82, 2.24) is 9.88 Å². The van der Waals surface area contributed by atoms with Crippen LogP contribution in [0.15, 0.2) is 152 Å². The van der Waals surface area contributed by atoms with Crippen molar-refractivity contribution in [3.05, 3.63) is 195 Å². The monoisotopic (exact) mass is 1070 g/mol. The van der Waals surface area contributed by atoms with Gasteiger partial charge < -0.3 is 34.1 Å². The van der Waals surface area contributed by atoms with Crippen molar-refractivity contribution >= 4 is 73.9 Å². The van der Waals surface area contributed by atoms with Crippen LogP contribution in [-0.4, -0.2) is 89.2 Å². The number of aliphatic hydroxyl groups excluding tert-OH is 1. The van der Waals surface area contributed by atoms with Crippen molar-refractivity contribution in [2.75, 3.05) is 37.7 Å². The van der Waals surface area contributed by atoms with Crippen LogP contribution in [0.4, 0.5) is 21.3 Å². The van der Waals surface area contributed by atoms with Crippen molar-refractivity contribution in [3.63, 3.8) is 0 Å². The number of aromatic nitrogens is 1. The van der Waals surface area contributed by atoms with Crippen LogP contribution in [0.25, 0.3) is 10.2 Å². The van der Waals surface area contributed by atoms with Gasteiger partial charge in [0.1, 0.15) is 36.5 Å². The van der Waals surface area contributed by atoms with Gasteiger partial charge >= 0.3 is 24.0 Å². The zero-order chi connectivity index (χ0) is 54.7. The molecule has 19 nitrogen and oxygen atoms in total. The van der Waals surface area contributed by atoms with Gasteiger partial charge in [-0.15, -0.1) is 0 Å². The average Bonchev–Trinajstić information content (AvgIpc) is 2.35. The number of carbonyl (C=O) groups excluding carboxylic acids is 6. The number of ether oxygens (including phenoxy) is 5. The molecule has 1 aromatic heterocycles. The van der Waals surface area contributed by atoms with Gasteiger partial charge in [-0.25, -0.2) is 14.7 Å². The van der Waals surface area contributed by atoms with Crippen molar-refractivity contribution in [3.8, 4) is 17.6 Å². The van der Waals surface area contributed by atoms with Crippen molar-refractivity contribution in [2.24, 2.45) is 11.8 Å². The highest BCUT2D eigenvalue weighted by atomic mass is 32.1. The molecule has 0 aliphatic carbocycles. The van der Waals surface area contributed by atoms with E-state index in [0.717, 1.165) is 23.8 Å². The Balaban J connectivity index is 1.23. The first-order valence-electron chi connectivity index (χ1n) is 24.5. The molecular weight excluding hydrogens is 1020 g/mol. The number of nitrogens with zero attached hydrogens (tertiary/aromatic N) is 4. The maximum absolute atomic E-state index is 16.7. The summed E-state index contributed by atoms with van der Waals surface area (Å²) in [5, 5.41) is 24.3. The first-order chi connectivity index (χ1) is 37.9. The third-order valence-corrected chi connectivity index (χ3v) is 15.0. The third kappa shape index (κ3) is 9.55. The van der Waals surface area contributed by atoms with Crippen LogP contribution in [0, 0.1) is 33.8 Å². The number of rotatable bonds is 14. The van der Waals surface area contributed by atoms with Crippen LogP contribution in [0.2, 0.25) is 0 Å². The summed E-state index contributed by atoms with van der Waals surface area (Å²) in [4.78, 5) is 107. The van der Waals surface area contributed by atoms with Gasteiger partial charge in [0.2, 0.25) is 11.8 Å². The summed E-state index contributed by atoms with van der Waals surface area (Å²) in [6.07, 6.45) is -2.56. The average molecular weight is 1070 g/mol. The summed E-state index contributed by atoms with van der Waals surface area (Å²) < 4.78 is 28.7. The molecular formula is C58H47N5O14S. The second kappa shape index (κ2) is 22.1. The number of nitro benzene ring substituents is 1. The predicted octanol–water partition coefficient (Wildman–Crippen LogP) is 7.92. The fourth-order valence-electron chi connectivity index (χ4n) is 10.7. The van der Waals surface area contributed by atoms with Gasteiger partial charge in [0.05, 0.1) is 59.7 Å². The normalized spacial score (nSPS) is 20.3. The highest BCUT2D eigenvalue weighted by molar-refractivity contribution is 7.22. The molecule has 3 amide bonds. The molecule has 3 aliphatic rings. The lowest BCUT2D eigenvalue weighted by atomic mass is 9.65. The minimum Gasteiger partial charge on any atom is -0.491 e. The maximum Gasteiger partial charge on any atom is 0.421 e. The number of carbonyl (C=O) groups is 6. The molecule has 78 heavy (non-hydrogen) atoms. The highest BCUT2D eigenvalue weighted by Crippen LogP contribution is 2.66. The number of nitrogens with one attached hydrogen (secondary N) is 1. The maximum atomic E-state index is 16.7. The number of aliphatic hydroxyl groups is 1. The van der Waals surface area contributed by atoms with E-state index in [4.69, 9.17) is 28.7 Å². The Hall–Kier alpha value is -9.29.